The summed E-state index contributed by atoms with van der Waals surface area (Å²) in [6, 6.07) is 10.1. The van der Waals surface area contributed by atoms with Crippen molar-refractivity contribution in [2.75, 3.05) is 32.2 Å². The van der Waals surface area contributed by atoms with Crippen LogP contribution in [0.5, 0.6) is 11.5 Å². The summed E-state index contributed by atoms with van der Waals surface area (Å²) in [7, 11) is 1.47. The van der Waals surface area contributed by atoms with Gasteiger partial charge in [-0.25, -0.2) is 5.43 Å². The molecule has 3 rings (SSSR count). The smallest absolute Gasteiger partial charge is 0.329 e. The lowest BCUT2D eigenvalue weighted by Crippen LogP contribution is -2.41. The highest BCUT2D eigenvalue weighted by Crippen LogP contribution is 2.33. The minimum Gasteiger partial charge on any atom is -0.493 e. The van der Waals surface area contributed by atoms with Gasteiger partial charge < -0.3 is 24.8 Å². The zero-order valence-electron chi connectivity index (χ0n) is 18.8. The first-order chi connectivity index (χ1) is 16.9. The van der Waals surface area contributed by atoms with Crippen molar-refractivity contribution in [2.45, 2.75) is 18.9 Å². The van der Waals surface area contributed by atoms with Crippen LogP contribution in [0.3, 0.4) is 0 Å². The number of rotatable bonds is 9. The largest absolute Gasteiger partial charge is 0.493 e. The number of benzene rings is 2. The molecule has 2 aromatic rings. The minimum absolute atomic E-state index is 0.0611. The van der Waals surface area contributed by atoms with E-state index in [9.17, 15) is 14.4 Å². The molecule has 1 saturated heterocycles. The summed E-state index contributed by atoms with van der Waals surface area (Å²) in [4.78, 5) is 36.0. The molecular formula is C23H24ClIN4O6. The third-order valence-electron chi connectivity index (χ3n) is 4.83. The van der Waals surface area contributed by atoms with E-state index in [-0.39, 0.29) is 25.2 Å². The van der Waals surface area contributed by atoms with Crippen molar-refractivity contribution in [3.8, 4) is 11.5 Å². The van der Waals surface area contributed by atoms with Crippen LogP contribution in [0.4, 0.5) is 5.69 Å². The topological polar surface area (TPSA) is 127 Å². The SMILES string of the molecule is COc1cc(/C=N\NC(=O)C(=O)NC[C@@H]2CCCO2)cc(I)c1OCC(=O)Nc1ccc(Cl)cc1. The number of carbonyl (C=O) groups is 3. The van der Waals surface area contributed by atoms with E-state index in [1.54, 1.807) is 36.4 Å². The number of hydrogen-bond donors (Lipinski definition) is 3. The lowest BCUT2D eigenvalue weighted by molar-refractivity contribution is -0.139. The molecule has 0 aromatic heterocycles. The maximum atomic E-state index is 12.2. The van der Waals surface area contributed by atoms with Crippen molar-refractivity contribution in [3.05, 3.63) is 50.6 Å². The molecule has 0 aliphatic carbocycles. The minimum atomic E-state index is -0.882. The van der Waals surface area contributed by atoms with E-state index >= 15 is 0 Å². The van der Waals surface area contributed by atoms with Gasteiger partial charge in [0.05, 0.1) is 23.0 Å². The van der Waals surface area contributed by atoms with Crippen LogP contribution < -0.4 is 25.5 Å². The number of methoxy groups -OCH3 is 1. The number of anilines is 1. The Kier molecular flexibility index (Phi) is 10.1. The number of carbonyl (C=O) groups excluding carboxylic acids is 3. The number of nitrogens with zero attached hydrogens (tertiary/aromatic N) is 1. The molecule has 0 saturated carbocycles. The van der Waals surface area contributed by atoms with Crippen LogP contribution in [0, 0.1) is 3.57 Å². The molecule has 1 atom stereocenters. The molecule has 10 nitrogen and oxygen atoms in total. The molecular weight excluding hydrogens is 591 g/mol. The Morgan fingerprint density at radius 1 is 1.23 bits per heavy atom. The van der Waals surface area contributed by atoms with Crippen molar-refractivity contribution < 1.29 is 28.6 Å². The van der Waals surface area contributed by atoms with Crippen molar-refractivity contribution >= 4 is 63.8 Å². The summed E-state index contributed by atoms with van der Waals surface area (Å²) >= 11 is 7.88. The number of halogens is 2. The van der Waals surface area contributed by atoms with Gasteiger partial charge in [0.2, 0.25) is 0 Å². The van der Waals surface area contributed by atoms with Gasteiger partial charge in [-0.1, -0.05) is 11.6 Å². The van der Waals surface area contributed by atoms with Crippen molar-refractivity contribution in [3.63, 3.8) is 0 Å². The molecule has 1 fully saturated rings. The lowest BCUT2D eigenvalue weighted by atomic mass is 10.2. The van der Waals surface area contributed by atoms with Gasteiger partial charge in [-0.3, -0.25) is 14.4 Å². The molecule has 186 valence electrons. The fourth-order valence-corrected chi connectivity index (χ4v) is 4.04. The third kappa shape index (κ3) is 8.37. The Hall–Kier alpha value is -2.90. The Bertz CT molecular complexity index is 1090. The standard InChI is InChI=1S/C23H24ClIN4O6/c1-33-19-10-14(11-27-29-23(32)22(31)26-12-17-3-2-8-34-17)9-18(25)21(19)35-13-20(30)28-16-6-4-15(24)5-7-16/h4-7,9-11,17H,2-3,8,12-13H2,1H3,(H,26,31)(H,28,30)(H,29,32)/b27-11-/t17-/m0/s1. The molecule has 1 aliphatic heterocycles. The van der Waals surface area contributed by atoms with Gasteiger partial charge in [0.15, 0.2) is 18.1 Å². The van der Waals surface area contributed by atoms with Gasteiger partial charge >= 0.3 is 11.8 Å². The zero-order valence-corrected chi connectivity index (χ0v) is 21.7. The van der Waals surface area contributed by atoms with Crippen molar-refractivity contribution in [2.24, 2.45) is 5.10 Å². The summed E-state index contributed by atoms with van der Waals surface area (Å²) in [5, 5.41) is 9.63. The van der Waals surface area contributed by atoms with Crippen LogP contribution in [-0.2, 0) is 19.1 Å². The van der Waals surface area contributed by atoms with Gasteiger partial charge in [-0.2, -0.15) is 5.10 Å². The molecule has 12 heteroatoms. The van der Waals surface area contributed by atoms with Gasteiger partial charge in [0.25, 0.3) is 5.91 Å². The first kappa shape index (κ1) is 26.7. The van der Waals surface area contributed by atoms with Gasteiger partial charge in [-0.15, -0.1) is 0 Å². The number of hydrogen-bond acceptors (Lipinski definition) is 7. The number of amides is 3. The van der Waals surface area contributed by atoms with Crippen LogP contribution in [-0.4, -0.2) is 56.9 Å². The van der Waals surface area contributed by atoms with E-state index in [1.807, 2.05) is 22.6 Å². The number of nitrogens with one attached hydrogen (secondary N) is 3. The predicted molar refractivity (Wildman–Crippen MR) is 139 cm³/mol. The maximum absolute atomic E-state index is 12.2. The Balaban J connectivity index is 1.52. The normalized spacial score (nSPS) is 15.0. The predicted octanol–water partition coefficient (Wildman–Crippen LogP) is 2.72. The number of hydrazone groups is 1. The van der Waals surface area contributed by atoms with Gasteiger partial charge in [0.1, 0.15) is 0 Å². The Labute approximate surface area is 220 Å². The fraction of sp³-hybridized carbons (Fsp3) is 0.304. The molecule has 0 spiro atoms. The Morgan fingerprint density at radius 3 is 2.69 bits per heavy atom. The second-order valence-electron chi connectivity index (χ2n) is 7.42. The van der Waals surface area contributed by atoms with Crippen LogP contribution in [0.1, 0.15) is 18.4 Å². The average Bonchev–Trinajstić information content (AvgIpc) is 3.36. The first-order valence-electron chi connectivity index (χ1n) is 10.6. The molecule has 0 unspecified atom stereocenters. The molecule has 0 bridgehead atoms. The van der Waals surface area contributed by atoms with E-state index < -0.39 is 11.8 Å². The Morgan fingerprint density at radius 2 is 2.00 bits per heavy atom. The molecule has 35 heavy (non-hydrogen) atoms. The van der Waals surface area contributed by atoms with Crippen LogP contribution in [0.2, 0.25) is 5.02 Å². The number of ether oxygens (including phenoxy) is 3. The van der Waals surface area contributed by atoms with Crippen LogP contribution >= 0.6 is 34.2 Å². The summed E-state index contributed by atoms with van der Waals surface area (Å²) in [5.41, 5.74) is 3.37. The van der Waals surface area contributed by atoms with E-state index in [1.165, 1.54) is 13.3 Å². The third-order valence-corrected chi connectivity index (χ3v) is 5.88. The zero-order chi connectivity index (χ0) is 25.2. The molecule has 3 N–H and O–H groups in total. The summed E-state index contributed by atoms with van der Waals surface area (Å²) in [5.74, 6) is -1.26. The quantitative estimate of drug-likeness (QED) is 0.173. The second-order valence-corrected chi connectivity index (χ2v) is 9.02. The summed E-state index contributed by atoms with van der Waals surface area (Å²) in [6.07, 6.45) is 3.11. The van der Waals surface area contributed by atoms with E-state index in [4.69, 9.17) is 25.8 Å². The van der Waals surface area contributed by atoms with Crippen LogP contribution in [0.25, 0.3) is 0 Å². The highest BCUT2D eigenvalue weighted by atomic mass is 127. The van der Waals surface area contributed by atoms with E-state index in [0.717, 1.165) is 12.8 Å². The first-order valence-corrected chi connectivity index (χ1v) is 12.1. The molecule has 2 aromatic carbocycles. The van der Waals surface area contributed by atoms with Crippen molar-refractivity contribution in [1.29, 1.82) is 0 Å². The maximum Gasteiger partial charge on any atom is 0.329 e. The van der Waals surface area contributed by atoms with Gasteiger partial charge in [-0.05, 0) is 77.4 Å². The van der Waals surface area contributed by atoms with E-state index in [2.05, 4.69) is 21.2 Å². The molecule has 0 radical (unpaired) electrons. The summed E-state index contributed by atoms with van der Waals surface area (Å²) < 4.78 is 17.1. The average molecular weight is 615 g/mol. The lowest BCUT2D eigenvalue weighted by Gasteiger charge is -2.13. The fourth-order valence-electron chi connectivity index (χ4n) is 3.13. The van der Waals surface area contributed by atoms with E-state index in [0.29, 0.717) is 37.9 Å². The molecule has 1 aliphatic rings. The van der Waals surface area contributed by atoms with Crippen molar-refractivity contribution in [1.82, 2.24) is 10.7 Å². The highest BCUT2D eigenvalue weighted by Gasteiger charge is 2.19. The summed E-state index contributed by atoms with van der Waals surface area (Å²) in [6.45, 7) is 0.712. The highest BCUT2D eigenvalue weighted by molar-refractivity contribution is 14.1. The second kappa shape index (κ2) is 13.3. The van der Waals surface area contributed by atoms with Gasteiger partial charge in [0, 0.05) is 23.9 Å². The monoisotopic (exact) mass is 614 g/mol. The van der Waals surface area contributed by atoms with Crippen LogP contribution in [0.15, 0.2) is 41.5 Å². The molecule has 3 amide bonds. The molecule has 1 heterocycles.